The molecule has 1 aliphatic heterocycles. The highest BCUT2D eigenvalue weighted by atomic mass is 16.4. The molecule has 2 rings (SSSR count). The molecule has 2 heterocycles. The highest BCUT2D eigenvalue weighted by Gasteiger charge is 2.43. The number of nitrogens with one attached hydrogen (secondary N) is 1. The summed E-state index contributed by atoms with van der Waals surface area (Å²) >= 11 is 0. The Morgan fingerprint density at radius 3 is 2.79 bits per heavy atom. The molecule has 0 unspecified atom stereocenters. The summed E-state index contributed by atoms with van der Waals surface area (Å²) in [5, 5.41) is 37.4. The first-order valence-electron chi connectivity index (χ1n) is 5.72. The maximum Gasteiger partial charge on any atom is 0.321 e. The van der Waals surface area contributed by atoms with Crippen molar-refractivity contribution in [3.05, 3.63) is 11.9 Å². The van der Waals surface area contributed by atoms with Crippen molar-refractivity contribution >= 4 is 11.9 Å². The topological polar surface area (TPSA) is 138 Å². The van der Waals surface area contributed by atoms with Gasteiger partial charge >= 0.3 is 11.9 Å². The van der Waals surface area contributed by atoms with Crippen LogP contribution in [-0.2, 0) is 16.2 Å². The molecule has 104 valence electrons. The van der Waals surface area contributed by atoms with E-state index in [0.717, 1.165) is 0 Å². The van der Waals surface area contributed by atoms with Crippen LogP contribution in [0.25, 0.3) is 0 Å². The van der Waals surface area contributed by atoms with Crippen molar-refractivity contribution in [3.63, 3.8) is 0 Å². The SMILES string of the molecule is O=C(O)C[C@@H]1[C@@H](C(=O)O)NC[C@@H]1n1nncc1CO. The van der Waals surface area contributed by atoms with Crippen LogP contribution in [0.3, 0.4) is 0 Å². The summed E-state index contributed by atoms with van der Waals surface area (Å²) in [5.41, 5.74) is 0.424. The lowest BCUT2D eigenvalue weighted by Crippen LogP contribution is -2.37. The van der Waals surface area contributed by atoms with Gasteiger partial charge in [-0.15, -0.1) is 5.10 Å². The van der Waals surface area contributed by atoms with Crippen molar-refractivity contribution in [2.75, 3.05) is 6.54 Å². The summed E-state index contributed by atoms with van der Waals surface area (Å²) in [7, 11) is 0. The number of aliphatic hydroxyl groups excluding tert-OH is 1. The molecule has 9 heteroatoms. The van der Waals surface area contributed by atoms with Crippen LogP contribution in [-0.4, -0.2) is 54.8 Å². The molecule has 3 atom stereocenters. The predicted molar refractivity (Wildman–Crippen MR) is 60.2 cm³/mol. The number of carboxylic acids is 2. The van der Waals surface area contributed by atoms with E-state index in [9.17, 15) is 9.59 Å². The zero-order valence-electron chi connectivity index (χ0n) is 9.93. The van der Waals surface area contributed by atoms with E-state index >= 15 is 0 Å². The predicted octanol–water partition coefficient (Wildman–Crippen LogP) is -1.54. The second-order valence-corrected chi connectivity index (χ2v) is 4.38. The van der Waals surface area contributed by atoms with E-state index < -0.39 is 29.9 Å². The fourth-order valence-electron chi connectivity index (χ4n) is 2.42. The van der Waals surface area contributed by atoms with Crippen LogP contribution in [0.2, 0.25) is 0 Å². The van der Waals surface area contributed by atoms with Gasteiger partial charge in [-0.3, -0.25) is 9.59 Å². The zero-order chi connectivity index (χ0) is 14.0. The molecule has 1 fully saturated rings. The monoisotopic (exact) mass is 270 g/mol. The number of aliphatic hydroxyl groups is 1. The van der Waals surface area contributed by atoms with E-state index in [1.54, 1.807) is 0 Å². The van der Waals surface area contributed by atoms with E-state index in [1.165, 1.54) is 10.9 Å². The van der Waals surface area contributed by atoms with Gasteiger partial charge in [0, 0.05) is 12.5 Å². The fourth-order valence-corrected chi connectivity index (χ4v) is 2.42. The van der Waals surface area contributed by atoms with Crippen molar-refractivity contribution in [2.24, 2.45) is 5.92 Å². The number of aliphatic carboxylic acids is 2. The molecule has 4 N–H and O–H groups in total. The molecule has 9 nitrogen and oxygen atoms in total. The molecule has 1 aromatic rings. The van der Waals surface area contributed by atoms with Crippen LogP contribution in [0, 0.1) is 5.92 Å². The standard InChI is InChI=1S/C10H14N4O5/c15-4-5-2-12-13-14(5)7-3-11-9(10(18)19)6(7)1-8(16)17/h2,6-7,9,11,15H,1,3-4H2,(H,16,17)(H,18,19)/t6-,7-,9-/m0/s1. The summed E-state index contributed by atoms with van der Waals surface area (Å²) < 4.78 is 1.39. The minimum absolute atomic E-state index is 0.269. The lowest BCUT2D eigenvalue weighted by molar-refractivity contribution is -0.142. The van der Waals surface area contributed by atoms with Gasteiger partial charge in [0.25, 0.3) is 0 Å². The first-order valence-corrected chi connectivity index (χ1v) is 5.72. The second-order valence-electron chi connectivity index (χ2n) is 4.38. The van der Waals surface area contributed by atoms with Crippen molar-refractivity contribution < 1.29 is 24.9 Å². The number of carboxylic acid groups (broad SMARTS) is 2. The number of nitrogens with zero attached hydrogens (tertiary/aromatic N) is 3. The van der Waals surface area contributed by atoms with Crippen molar-refractivity contribution in [3.8, 4) is 0 Å². The molecular formula is C10H14N4O5. The molecule has 0 aliphatic carbocycles. The number of rotatable bonds is 5. The van der Waals surface area contributed by atoms with Gasteiger partial charge in [0.1, 0.15) is 6.04 Å². The number of carbonyl (C=O) groups is 2. The van der Waals surface area contributed by atoms with Gasteiger partial charge in [-0.1, -0.05) is 5.21 Å². The largest absolute Gasteiger partial charge is 0.481 e. The first kappa shape index (κ1) is 13.4. The Hall–Kier alpha value is -2.00. The van der Waals surface area contributed by atoms with E-state index in [-0.39, 0.29) is 19.6 Å². The highest BCUT2D eigenvalue weighted by Crippen LogP contribution is 2.30. The lowest BCUT2D eigenvalue weighted by Gasteiger charge is -2.21. The lowest BCUT2D eigenvalue weighted by atomic mass is 9.93. The van der Waals surface area contributed by atoms with Crippen molar-refractivity contribution in [2.45, 2.75) is 25.1 Å². The molecule has 0 spiro atoms. The molecule has 0 bridgehead atoms. The van der Waals surface area contributed by atoms with E-state index in [1.807, 2.05) is 0 Å². The minimum Gasteiger partial charge on any atom is -0.481 e. The van der Waals surface area contributed by atoms with Crippen LogP contribution in [0.5, 0.6) is 0 Å². The second kappa shape index (κ2) is 5.33. The van der Waals surface area contributed by atoms with Gasteiger partial charge in [0.15, 0.2) is 0 Å². The average molecular weight is 270 g/mol. The molecule has 1 aromatic heterocycles. The molecule has 1 saturated heterocycles. The first-order chi connectivity index (χ1) is 9.04. The number of aromatic nitrogens is 3. The summed E-state index contributed by atoms with van der Waals surface area (Å²) in [6, 6.07) is -1.40. The molecule has 0 saturated carbocycles. The Kier molecular flexibility index (Phi) is 3.76. The van der Waals surface area contributed by atoms with Crippen LogP contribution >= 0.6 is 0 Å². The highest BCUT2D eigenvalue weighted by molar-refractivity contribution is 5.76. The summed E-state index contributed by atoms with van der Waals surface area (Å²) in [6.07, 6.45) is 1.07. The van der Waals surface area contributed by atoms with Gasteiger partial charge in [0.2, 0.25) is 0 Å². The molecule has 1 aliphatic rings. The molecule has 0 aromatic carbocycles. The molecule has 19 heavy (non-hydrogen) atoms. The van der Waals surface area contributed by atoms with E-state index in [0.29, 0.717) is 5.69 Å². The smallest absolute Gasteiger partial charge is 0.321 e. The Bertz CT molecular complexity index is 488. The third kappa shape index (κ3) is 2.56. The van der Waals surface area contributed by atoms with Crippen LogP contribution in [0.4, 0.5) is 0 Å². The summed E-state index contributed by atoms with van der Waals surface area (Å²) in [6.45, 7) is -0.0215. The Morgan fingerprint density at radius 2 is 2.21 bits per heavy atom. The Morgan fingerprint density at radius 1 is 1.47 bits per heavy atom. The quantitative estimate of drug-likeness (QED) is 0.505. The summed E-state index contributed by atoms with van der Waals surface area (Å²) in [5.74, 6) is -2.82. The molecule has 0 radical (unpaired) electrons. The fraction of sp³-hybridized carbons (Fsp3) is 0.600. The van der Waals surface area contributed by atoms with Crippen LogP contribution in [0.1, 0.15) is 18.2 Å². The van der Waals surface area contributed by atoms with E-state index in [2.05, 4.69) is 15.6 Å². The summed E-state index contributed by atoms with van der Waals surface area (Å²) in [4.78, 5) is 22.0. The maximum atomic E-state index is 11.1. The van der Waals surface area contributed by atoms with Crippen molar-refractivity contribution in [1.82, 2.24) is 20.3 Å². The average Bonchev–Trinajstić information content (AvgIpc) is 2.93. The molecular weight excluding hydrogens is 256 g/mol. The van der Waals surface area contributed by atoms with Gasteiger partial charge in [0.05, 0.1) is 31.0 Å². The minimum atomic E-state index is -1.10. The normalized spacial score (nSPS) is 26.5. The molecule has 0 amide bonds. The Balaban J connectivity index is 2.28. The van der Waals surface area contributed by atoms with Gasteiger partial charge in [-0.25, -0.2) is 4.68 Å². The van der Waals surface area contributed by atoms with E-state index in [4.69, 9.17) is 15.3 Å². The maximum absolute atomic E-state index is 11.1. The van der Waals surface area contributed by atoms with Crippen molar-refractivity contribution in [1.29, 1.82) is 0 Å². The third-order valence-electron chi connectivity index (χ3n) is 3.27. The van der Waals surface area contributed by atoms with Crippen LogP contribution < -0.4 is 5.32 Å². The van der Waals surface area contributed by atoms with Gasteiger partial charge in [-0.05, 0) is 0 Å². The zero-order valence-corrected chi connectivity index (χ0v) is 9.93. The van der Waals surface area contributed by atoms with Gasteiger partial charge < -0.3 is 20.6 Å². The number of hydrogen-bond acceptors (Lipinski definition) is 6. The Labute approximate surface area is 107 Å². The third-order valence-corrected chi connectivity index (χ3v) is 3.27. The van der Waals surface area contributed by atoms with Gasteiger partial charge in [-0.2, -0.15) is 0 Å². The van der Waals surface area contributed by atoms with Crippen LogP contribution in [0.15, 0.2) is 6.20 Å². The number of hydrogen-bond donors (Lipinski definition) is 4.